The topological polar surface area (TPSA) is 58.0 Å². The van der Waals surface area contributed by atoms with Crippen LogP contribution in [0, 0.1) is 5.92 Å². The Labute approximate surface area is 123 Å². The lowest BCUT2D eigenvalue weighted by Crippen LogP contribution is -2.40. The van der Waals surface area contributed by atoms with Gasteiger partial charge < -0.3 is 10.4 Å². The first kappa shape index (κ1) is 14.7. The monoisotopic (exact) mass is 327 g/mol. The molecule has 0 bridgehead atoms. The van der Waals surface area contributed by atoms with Crippen LogP contribution >= 0.6 is 15.9 Å². The highest BCUT2D eigenvalue weighted by atomic mass is 79.9. The van der Waals surface area contributed by atoms with Gasteiger partial charge in [-0.1, -0.05) is 13.8 Å². The van der Waals surface area contributed by atoms with E-state index in [9.17, 15) is 5.11 Å². The summed E-state index contributed by atoms with van der Waals surface area (Å²) in [7, 11) is 0. The molecule has 0 aromatic carbocycles. The molecule has 1 fully saturated rings. The summed E-state index contributed by atoms with van der Waals surface area (Å²) < 4.78 is 0.783. The largest absolute Gasteiger partial charge is 0.388 e. The highest BCUT2D eigenvalue weighted by Gasteiger charge is 2.31. The van der Waals surface area contributed by atoms with Crippen molar-refractivity contribution >= 4 is 21.7 Å². The van der Waals surface area contributed by atoms with Gasteiger partial charge in [-0.15, -0.1) is 0 Å². The van der Waals surface area contributed by atoms with E-state index in [2.05, 4.69) is 38.1 Å². The summed E-state index contributed by atoms with van der Waals surface area (Å²) in [6, 6.07) is 1.86. The molecular weight excluding hydrogens is 306 g/mol. The van der Waals surface area contributed by atoms with Crippen molar-refractivity contribution < 1.29 is 5.11 Å². The molecule has 1 aromatic heterocycles. The van der Waals surface area contributed by atoms with Gasteiger partial charge in [-0.05, 0) is 47.5 Å². The molecule has 106 valence electrons. The van der Waals surface area contributed by atoms with E-state index in [1.807, 2.05) is 13.0 Å². The van der Waals surface area contributed by atoms with Crippen LogP contribution in [0.5, 0.6) is 0 Å². The van der Waals surface area contributed by atoms with E-state index in [-0.39, 0.29) is 0 Å². The maximum absolute atomic E-state index is 10.5. The van der Waals surface area contributed by atoms with Gasteiger partial charge >= 0.3 is 0 Å². The van der Waals surface area contributed by atoms with Crippen LogP contribution in [-0.2, 0) is 6.42 Å². The maximum atomic E-state index is 10.5. The van der Waals surface area contributed by atoms with Crippen molar-refractivity contribution in [2.24, 2.45) is 5.92 Å². The quantitative estimate of drug-likeness (QED) is 0.834. The van der Waals surface area contributed by atoms with Crippen molar-refractivity contribution in [2.75, 3.05) is 11.9 Å². The van der Waals surface area contributed by atoms with Gasteiger partial charge in [-0.3, -0.25) is 0 Å². The predicted octanol–water partition coefficient (Wildman–Crippen LogP) is 3.15. The standard InChI is InChI=1S/C14H22BrN3O/c1-3-12-17-11(15)8-13(18-12)16-9-14(19)6-4-10(2)5-7-14/h8,10,19H,3-7,9H2,1-2H3,(H,16,17,18). The molecule has 1 aliphatic rings. The van der Waals surface area contributed by atoms with Crippen LogP contribution in [0.2, 0.25) is 0 Å². The van der Waals surface area contributed by atoms with Crippen molar-refractivity contribution in [3.05, 3.63) is 16.5 Å². The third kappa shape index (κ3) is 4.14. The second-order valence-corrected chi connectivity index (χ2v) is 6.42. The van der Waals surface area contributed by atoms with Crippen molar-refractivity contribution in [3.8, 4) is 0 Å². The van der Waals surface area contributed by atoms with Crippen LogP contribution in [-0.4, -0.2) is 27.2 Å². The molecule has 0 radical (unpaired) electrons. The number of aromatic nitrogens is 2. The van der Waals surface area contributed by atoms with Gasteiger partial charge in [0.05, 0.1) is 5.60 Å². The number of nitrogens with one attached hydrogen (secondary N) is 1. The maximum Gasteiger partial charge on any atom is 0.131 e. The summed E-state index contributed by atoms with van der Waals surface area (Å²) >= 11 is 3.39. The Kier molecular flexibility index (Phi) is 4.79. The number of hydrogen-bond donors (Lipinski definition) is 2. The number of hydrogen-bond acceptors (Lipinski definition) is 4. The third-order valence-corrected chi connectivity index (χ3v) is 4.27. The minimum absolute atomic E-state index is 0.562. The highest BCUT2D eigenvalue weighted by molar-refractivity contribution is 9.10. The Balaban J connectivity index is 1.96. The fourth-order valence-corrected chi connectivity index (χ4v) is 2.87. The van der Waals surface area contributed by atoms with Gasteiger partial charge in [0.15, 0.2) is 0 Å². The molecule has 19 heavy (non-hydrogen) atoms. The number of aliphatic hydroxyl groups is 1. The van der Waals surface area contributed by atoms with E-state index >= 15 is 0 Å². The molecule has 1 saturated carbocycles. The zero-order chi connectivity index (χ0) is 13.9. The number of rotatable bonds is 4. The molecule has 0 amide bonds. The number of anilines is 1. The Hall–Kier alpha value is -0.680. The van der Waals surface area contributed by atoms with E-state index in [4.69, 9.17) is 0 Å². The minimum Gasteiger partial charge on any atom is -0.388 e. The van der Waals surface area contributed by atoms with Crippen LogP contribution in [0.1, 0.15) is 45.4 Å². The zero-order valence-electron chi connectivity index (χ0n) is 11.6. The molecule has 4 nitrogen and oxygen atoms in total. The smallest absolute Gasteiger partial charge is 0.131 e. The fourth-order valence-electron chi connectivity index (χ4n) is 2.44. The van der Waals surface area contributed by atoms with Gasteiger partial charge in [0.2, 0.25) is 0 Å². The van der Waals surface area contributed by atoms with Crippen LogP contribution in [0.4, 0.5) is 5.82 Å². The molecule has 5 heteroatoms. The Morgan fingerprint density at radius 2 is 2.11 bits per heavy atom. The van der Waals surface area contributed by atoms with Gasteiger partial charge in [0.25, 0.3) is 0 Å². The summed E-state index contributed by atoms with van der Waals surface area (Å²) in [4.78, 5) is 8.70. The Bertz CT molecular complexity index is 431. The van der Waals surface area contributed by atoms with Gasteiger partial charge in [-0.25, -0.2) is 9.97 Å². The first-order valence-corrected chi connectivity index (χ1v) is 7.80. The molecule has 2 rings (SSSR count). The lowest BCUT2D eigenvalue weighted by atomic mass is 9.79. The van der Waals surface area contributed by atoms with Crippen molar-refractivity contribution in [3.63, 3.8) is 0 Å². The molecule has 1 aromatic rings. The lowest BCUT2D eigenvalue weighted by Gasteiger charge is -2.35. The van der Waals surface area contributed by atoms with E-state index in [0.717, 1.165) is 54.3 Å². The molecule has 1 aliphatic carbocycles. The molecule has 0 spiro atoms. The van der Waals surface area contributed by atoms with E-state index in [1.165, 1.54) is 0 Å². The van der Waals surface area contributed by atoms with E-state index in [0.29, 0.717) is 6.54 Å². The molecule has 0 aliphatic heterocycles. The average Bonchev–Trinajstić information content (AvgIpc) is 2.40. The summed E-state index contributed by atoms with van der Waals surface area (Å²) in [5.74, 6) is 2.33. The summed E-state index contributed by atoms with van der Waals surface area (Å²) in [6.07, 6.45) is 4.75. The fraction of sp³-hybridized carbons (Fsp3) is 0.714. The SMILES string of the molecule is CCc1nc(Br)cc(NCC2(O)CCC(C)CC2)n1. The van der Waals surface area contributed by atoms with Crippen LogP contribution in [0.3, 0.4) is 0 Å². The third-order valence-electron chi connectivity index (χ3n) is 3.86. The zero-order valence-corrected chi connectivity index (χ0v) is 13.2. The van der Waals surface area contributed by atoms with E-state index in [1.54, 1.807) is 0 Å². The predicted molar refractivity (Wildman–Crippen MR) is 80.2 cm³/mol. The molecule has 0 unspecified atom stereocenters. The van der Waals surface area contributed by atoms with E-state index < -0.39 is 5.60 Å². The second kappa shape index (κ2) is 6.18. The van der Waals surface area contributed by atoms with Crippen LogP contribution < -0.4 is 5.32 Å². The van der Waals surface area contributed by atoms with Crippen LogP contribution in [0.25, 0.3) is 0 Å². The van der Waals surface area contributed by atoms with Gasteiger partial charge in [0, 0.05) is 19.0 Å². The van der Waals surface area contributed by atoms with Crippen LogP contribution in [0.15, 0.2) is 10.7 Å². The Morgan fingerprint density at radius 3 is 2.74 bits per heavy atom. The minimum atomic E-state index is -0.587. The molecule has 1 heterocycles. The first-order valence-electron chi connectivity index (χ1n) is 7.00. The average molecular weight is 328 g/mol. The normalized spacial score (nSPS) is 27.3. The molecule has 0 saturated heterocycles. The number of nitrogens with zero attached hydrogens (tertiary/aromatic N) is 2. The lowest BCUT2D eigenvalue weighted by molar-refractivity contribution is 0.00494. The van der Waals surface area contributed by atoms with Gasteiger partial charge in [0.1, 0.15) is 16.2 Å². The molecular formula is C14H22BrN3O. The summed E-state index contributed by atoms with van der Waals surface area (Å²) in [5.41, 5.74) is -0.587. The van der Waals surface area contributed by atoms with Crippen molar-refractivity contribution in [2.45, 2.75) is 51.6 Å². The number of halogens is 1. The highest BCUT2D eigenvalue weighted by Crippen LogP contribution is 2.31. The van der Waals surface area contributed by atoms with Gasteiger partial charge in [-0.2, -0.15) is 0 Å². The first-order chi connectivity index (χ1) is 9.00. The van der Waals surface area contributed by atoms with Crippen molar-refractivity contribution in [1.29, 1.82) is 0 Å². The van der Waals surface area contributed by atoms with Crippen molar-refractivity contribution in [1.82, 2.24) is 9.97 Å². The molecule has 2 N–H and O–H groups in total. The summed E-state index contributed by atoms with van der Waals surface area (Å²) in [6.45, 7) is 4.84. The summed E-state index contributed by atoms with van der Waals surface area (Å²) in [5, 5.41) is 13.8. The number of aryl methyl sites for hydroxylation is 1. The Morgan fingerprint density at radius 1 is 1.42 bits per heavy atom. The second-order valence-electron chi connectivity index (χ2n) is 5.61. The molecule has 0 atom stereocenters.